The highest BCUT2D eigenvalue weighted by atomic mass is 32.2. The molecule has 0 spiro atoms. The van der Waals surface area contributed by atoms with Crippen LogP contribution in [0.25, 0.3) is 0 Å². The van der Waals surface area contributed by atoms with Crippen LogP contribution in [-0.4, -0.2) is 43.3 Å². The summed E-state index contributed by atoms with van der Waals surface area (Å²) < 4.78 is 25.9. The maximum atomic E-state index is 9.19. The molecule has 1 N–H and O–H groups in total. The van der Waals surface area contributed by atoms with Crippen LogP contribution in [0, 0.1) is 0 Å². The van der Waals surface area contributed by atoms with Gasteiger partial charge in [-0.3, -0.25) is 4.55 Å². The zero-order valence-electron chi connectivity index (χ0n) is 13.5. The van der Waals surface area contributed by atoms with Crippen LogP contribution in [0.4, 0.5) is 0 Å². The topological polar surface area (TPSA) is 57.6 Å². The molecule has 1 fully saturated rings. The first kappa shape index (κ1) is 19.9. The molecule has 0 radical (unpaired) electrons. The van der Waals surface area contributed by atoms with Gasteiger partial charge in [-0.1, -0.05) is 46.0 Å². The van der Waals surface area contributed by atoms with Gasteiger partial charge in [0.2, 0.25) is 0 Å². The predicted octanol–water partition coefficient (Wildman–Crippen LogP) is 3.73. The second-order valence-electron chi connectivity index (χ2n) is 5.77. The summed E-state index contributed by atoms with van der Waals surface area (Å²) >= 11 is 0. The van der Waals surface area contributed by atoms with Gasteiger partial charge >= 0.3 is 0 Å². The van der Waals surface area contributed by atoms with Gasteiger partial charge in [-0.2, -0.15) is 8.42 Å². The van der Waals surface area contributed by atoms with E-state index >= 15 is 0 Å². The fourth-order valence-corrected chi connectivity index (χ4v) is 2.77. The maximum absolute atomic E-state index is 9.19. The summed E-state index contributed by atoms with van der Waals surface area (Å²) in [5.41, 5.74) is 0. The lowest BCUT2D eigenvalue weighted by molar-refractivity contribution is 0.236. The number of hydrogen-bond donors (Lipinski definition) is 1. The van der Waals surface area contributed by atoms with Gasteiger partial charge in [0, 0.05) is 6.04 Å². The van der Waals surface area contributed by atoms with Crippen molar-refractivity contribution in [3.63, 3.8) is 0 Å². The van der Waals surface area contributed by atoms with Crippen molar-refractivity contribution in [1.82, 2.24) is 4.90 Å². The average Bonchev–Trinajstić information content (AvgIpc) is 2.75. The van der Waals surface area contributed by atoms with Crippen LogP contribution >= 0.6 is 0 Å². The standard InChI is InChI=1S/C14H29N.CH4O3S/c1-3-5-6-7-8-12-15-13-9-11-14(15)10-4-2;1-5(2,3)4/h14H,3-13H2,1-2H3;1H3,(H,2,3,4). The Morgan fingerprint density at radius 2 is 1.70 bits per heavy atom. The van der Waals surface area contributed by atoms with Crippen molar-refractivity contribution in [2.24, 2.45) is 0 Å². The molecule has 20 heavy (non-hydrogen) atoms. The Bertz CT molecular complexity index is 309. The van der Waals surface area contributed by atoms with Gasteiger partial charge in [-0.05, 0) is 38.8 Å². The van der Waals surface area contributed by atoms with E-state index in [0.29, 0.717) is 6.26 Å². The van der Waals surface area contributed by atoms with Crippen LogP contribution in [0.3, 0.4) is 0 Å². The Morgan fingerprint density at radius 1 is 1.10 bits per heavy atom. The largest absolute Gasteiger partial charge is 0.300 e. The molecule has 1 rings (SSSR count). The Hall–Kier alpha value is -0.130. The SMILES string of the molecule is CCCCCCCN1CCCC1CCC.CS(=O)(=O)O. The minimum Gasteiger partial charge on any atom is -0.300 e. The molecule has 0 amide bonds. The molecule has 1 aliphatic heterocycles. The molecule has 1 saturated heterocycles. The molecule has 0 aromatic heterocycles. The van der Waals surface area contributed by atoms with Gasteiger partial charge in [-0.15, -0.1) is 0 Å². The molecule has 1 aliphatic rings. The quantitative estimate of drug-likeness (QED) is 0.548. The molecule has 5 heteroatoms. The minimum atomic E-state index is -3.67. The molecule has 4 nitrogen and oxygen atoms in total. The summed E-state index contributed by atoms with van der Waals surface area (Å²) in [7, 11) is -3.67. The van der Waals surface area contributed by atoms with E-state index in [0.717, 1.165) is 6.04 Å². The van der Waals surface area contributed by atoms with Crippen molar-refractivity contribution in [3.8, 4) is 0 Å². The highest BCUT2D eigenvalue weighted by molar-refractivity contribution is 7.85. The summed E-state index contributed by atoms with van der Waals surface area (Å²) in [6.45, 7) is 7.35. The summed E-state index contributed by atoms with van der Waals surface area (Å²) in [5, 5.41) is 0. The minimum absolute atomic E-state index is 0.715. The Morgan fingerprint density at radius 3 is 2.25 bits per heavy atom. The Kier molecular flexibility index (Phi) is 11.4. The highest BCUT2D eigenvalue weighted by Gasteiger charge is 2.22. The summed E-state index contributed by atoms with van der Waals surface area (Å²) in [6.07, 6.45) is 13.5. The first-order valence-corrected chi connectivity index (χ1v) is 9.89. The molecule has 0 saturated carbocycles. The van der Waals surface area contributed by atoms with Crippen LogP contribution in [0.5, 0.6) is 0 Å². The number of unbranched alkanes of at least 4 members (excludes halogenated alkanes) is 4. The van der Waals surface area contributed by atoms with Gasteiger partial charge in [0.1, 0.15) is 0 Å². The fourth-order valence-electron chi connectivity index (χ4n) is 2.77. The van der Waals surface area contributed by atoms with E-state index in [9.17, 15) is 8.42 Å². The van der Waals surface area contributed by atoms with Crippen molar-refractivity contribution in [1.29, 1.82) is 0 Å². The first-order chi connectivity index (χ1) is 9.38. The van der Waals surface area contributed by atoms with E-state index in [1.165, 1.54) is 70.9 Å². The van der Waals surface area contributed by atoms with Crippen molar-refractivity contribution < 1.29 is 13.0 Å². The lowest BCUT2D eigenvalue weighted by atomic mass is 10.1. The van der Waals surface area contributed by atoms with E-state index in [1.54, 1.807) is 0 Å². The second kappa shape index (κ2) is 11.5. The third kappa shape index (κ3) is 12.9. The number of rotatable bonds is 8. The van der Waals surface area contributed by atoms with Gasteiger partial charge < -0.3 is 4.90 Å². The lowest BCUT2D eigenvalue weighted by Crippen LogP contribution is -2.30. The van der Waals surface area contributed by atoms with Gasteiger partial charge in [0.25, 0.3) is 10.1 Å². The van der Waals surface area contributed by atoms with Gasteiger partial charge in [-0.25, -0.2) is 0 Å². The Labute approximate surface area is 125 Å². The molecule has 1 atom stereocenters. The van der Waals surface area contributed by atoms with Crippen molar-refractivity contribution in [3.05, 3.63) is 0 Å². The van der Waals surface area contributed by atoms with Crippen LogP contribution in [-0.2, 0) is 10.1 Å². The lowest BCUT2D eigenvalue weighted by Gasteiger charge is -2.23. The van der Waals surface area contributed by atoms with Crippen molar-refractivity contribution in [2.75, 3.05) is 19.3 Å². The summed E-state index contributed by atoms with van der Waals surface area (Å²) in [4.78, 5) is 2.75. The number of hydrogen-bond acceptors (Lipinski definition) is 3. The third-order valence-corrected chi connectivity index (χ3v) is 3.67. The van der Waals surface area contributed by atoms with Crippen LogP contribution in [0.1, 0.15) is 71.6 Å². The fraction of sp³-hybridized carbons (Fsp3) is 1.00. The van der Waals surface area contributed by atoms with Crippen LogP contribution < -0.4 is 0 Å². The van der Waals surface area contributed by atoms with Gasteiger partial charge in [0.05, 0.1) is 6.26 Å². The maximum Gasteiger partial charge on any atom is 0.261 e. The molecule has 1 unspecified atom stereocenters. The molecule has 0 aromatic carbocycles. The number of nitrogens with zero attached hydrogens (tertiary/aromatic N) is 1. The summed E-state index contributed by atoms with van der Waals surface area (Å²) in [6, 6.07) is 0.932. The van der Waals surface area contributed by atoms with Crippen molar-refractivity contribution in [2.45, 2.75) is 77.7 Å². The first-order valence-electron chi connectivity index (χ1n) is 8.05. The predicted molar refractivity (Wildman–Crippen MR) is 85.7 cm³/mol. The monoisotopic (exact) mass is 307 g/mol. The van der Waals surface area contributed by atoms with E-state index < -0.39 is 10.1 Å². The second-order valence-corrected chi connectivity index (χ2v) is 7.23. The third-order valence-electron chi connectivity index (χ3n) is 3.67. The molecule has 122 valence electrons. The van der Waals surface area contributed by atoms with E-state index in [-0.39, 0.29) is 0 Å². The van der Waals surface area contributed by atoms with E-state index in [2.05, 4.69) is 18.7 Å². The highest BCUT2D eigenvalue weighted by Crippen LogP contribution is 2.21. The molecule has 0 aliphatic carbocycles. The van der Waals surface area contributed by atoms with E-state index in [1.807, 2.05) is 0 Å². The normalized spacial score (nSPS) is 19.7. The Balaban J connectivity index is 0.000000621. The van der Waals surface area contributed by atoms with Crippen LogP contribution in [0.15, 0.2) is 0 Å². The smallest absolute Gasteiger partial charge is 0.261 e. The molecule has 0 bridgehead atoms. The zero-order valence-corrected chi connectivity index (χ0v) is 14.3. The zero-order chi connectivity index (χ0) is 15.4. The van der Waals surface area contributed by atoms with Crippen LogP contribution in [0.2, 0.25) is 0 Å². The van der Waals surface area contributed by atoms with E-state index in [4.69, 9.17) is 4.55 Å². The molecular weight excluding hydrogens is 274 g/mol. The average molecular weight is 308 g/mol. The summed E-state index contributed by atoms with van der Waals surface area (Å²) in [5.74, 6) is 0. The molecule has 1 heterocycles. The number of likely N-dealkylation sites (tertiary alicyclic amines) is 1. The molecule has 0 aromatic rings. The van der Waals surface area contributed by atoms with Crippen molar-refractivity contribution >= 4 is 10.1 Å². The van der Waals surface area contributed by atoms with Gasteiger partial charge in [0.15, 0.2) is 0 Å². The molecular formula is C15H33NO3S.